The molecule has 25 heavy (non-hydrogen) atoms. The van der Waals surface area contributed by atoms with Crippen LogP contribution >= 0.6 is 0 Å². The molecule has 11 nitrogen and oxygen atoms in total. The Morgan fingerprint density at radius 2 is 1.88 bits per heavy atom. The van der Waals surface area contributed by atoms with Gasteiger partial charge in [-0.25, -0.2) is 5.48 Å². The Balaban J connectivity index is 2.65. The van der Waals surface area contributed by atoms with Crippen molar-refractivity contribution in [2.24, 2.45) is 0 Å². The monoisotopic (exact) mass is 348 g/mol. The quantitative estimate of drug-likeness (QED) is 0.408. The highest BCUT2D eigenvalue weighted by molar-refractivity contribution is 6.02. The van der Waals surface area contributed by atoms with Crippen molar-refractivity contribution in [3.05, 3.63) is 62.2 Å². The van der Waals surface area contributed by atoms with Crippen LogP contribution in [-0.4, -0.2) is 28.1 Å². The Bertz CT molecular complexity index is 853. The summed E-state index contributed by atoms with van der Waals surface area (Å²) in [7, 11) is 1.43. The molecule has 0 saturated carbocycles. The van der Waals surface area contributed by atoms with E-state index in [-0.39, 0.29) is 5.69 Å². The summed E-state index contributed by atoms with van der Waals surface area (Å²) in [4.78, 5) is 32.3. The zero-order valence-corrected chi connectivity index (χ0v) is 12.8. The van der Waals surface area contributed by atoms with Crippen molar-refractivity contribution in [3.8, 4) is 5.75 Å². The van der Waals surface area contributed by atoms with Crippen LogP contribution in [0.25, 0.3) is 0 Å². The number of hydrogen-bond acceptors (Lipinski definition) is 8. The number of ether oxygens (including phenoxy) is 1. The lowest BCUT2D eigenvalue weighted by Crippen LogP contribution is -2.20. The van der Waals surface area contributed by atoms with E-state index in [1.54, 1.807) is 18.2 Å². The van der Waals surface area contributed by atoms with E-state index < -0.39 is 32.7 Å². The Hall–Kier alpha value is -3.73. The molecule has 0 fully saturated rings. The van der Waals surface area contributed by atoms with Crippen LogP contribution in [-0.2, 0) is 0 Å². The van der Waals surface area contributed by atoms with Crippen LogP contribution in [0.4, 0.5) is 22.7 Å². The number of nitrogens with zero attached hydrogens (tertiary/aromatic N) is 2. The molecule has 0 unspecified atom stereocenters. The predicted octanol–water partition coefficient (Wildman–Crippen LogP) is 2.37. The lowest BCUT2D eigenvalue weighted by atomic mass is 10.1. The summed E-state index contributed by atoms with van der Waals surface area (Å²) < 4.78 is 5.04. The van der Waals surface area contributed by atoms with Gasteiger partial charge in [0.25, 0.3) is 17.3 Å². The van der Waals surface area contributed by atoms with Crippen LogP contribution in [0.1, 0.15) is 10.4 Å². The molecule has 1 amide bonds. The third-order valence-corrected chi connectivity index (χ3v) is 3.20. The number of nitro benzene ring substituents is 2. The second-order valence-corrected chi connectivity index (χ2v) is 4.70. The van der Waals surface area contributed by atoms with Gasteiger partial charge in [-0.2, -0.15) is 0 Å². The van der Waals surface area contributed by atoms with Gasteiger partial charge in [0.15, 0.2) is 0 Å². The van der Waals surface area contributed by atoms with Crippen molar-refractivity contribution in [1.29, 1.82) is 0 Å². The maximum absolute atomic E-state index is 11.8. The highest BCUT2D eigenvalue weighted by atomic mass is 16.6. The number of rotatable bonds is 6. The van der Waals surface area contributed by atoms with Gasteiger partial charge < -0.3 is 10.1 Å². The minimum Gasteiger partial charge on any atom is -0.497 e. The van der Waals surface area contributed by atoms with E-state index >= 15 is 0 Å². The first-order valence-corrected chi connectivity index (χ1v) is 6.69. The molecule has 0 aliphatic carbocycles. The number of hydrogen-bond donors (Lipinski definition) is 3. The third-order valence-electron chi connectivity index (χ3n) is 3.20. The van der Waals surface area contributed by atoms with E-state index in [2.05, 4.69) is 5.32 Å². The summed E-state index contributed by atoms with van der Waals surface area (Å²) in [5.74, 6) is -0.695. The van der Waals surface area contributed by atoms with E-state index in [0.717, 1.165) is 12.1 Å². The topological polar surface area (TPSA) is 157 Å². The third kappa shape index (κ3) is 3.79. The van der Waals surface area contributed by atoms with E-state index in [1.807, 2.05) is 0 Å². The summed E-state index contributed by atoms with van der Waals surface area (Å²) >= 11 is 0. The molecule has 0 aliphatic heterocycles. The highest BCUT2D eigenvalue weighted by Gasteiger charge is 2.27. The van der Waals surface area contributed by atoms with Gasteiger partial charge in [0.05, 0.1) is 28.6 Å². The minimum absolute atomic E-state index is 0.310. The molecular weight excluding hydrogens is 336 g/mol. The number of hydroxylamine groups is 1. The van der Waals surface area contributed by atoms with Crippen LogP contribution in [0.3, 0.4) is 0 Å². The van der Waals surface area contributed by atoms with Gasteiger partial charge >= 0.3 is 0 Å². The average Bonchev–Trinajstić information content (AvgIpc) is 2.60. The van der Waals surface area contributed by atoms with Crippen molar-refractivity contribution in [1.82, 2.24) is 5.48 Å². The number of methoxy groups -OCH3 is 1. The number of anilines is 2. The maximum atomic E-state index is 11.8. The molecule has 0 bridgehead atoms. The zero-order chi connectivity index (χ0) is 18.6. The van der Waals surface area contributed by atoms with Crippen LogP contribution in [0.15, 0.2) is 36.4 Å². The van der Waals surface area contributed by atoms with Gasteiger partial charge in [-0.3, -0.25) is 30.2 Å². The number of amides is 1. The molecule has 0 aromatic heterocycles. The van der Waals surface area contributed by atoms with E-state index in [1.165, 1.54) is 18.7 Å². The Labute approximate surface area is 140 Å². The molecule has 0 aliphatic rings. The van der Waals surface area contributed by atoms with Gasteiger partial charge in [0.1, 0.15) is 11.4 Å². The second-order valence-electron chi connectivity index (χ2n) is 4.70. The molecule has 2 aromatic rings. The van der Waals surface area contributed by atoms with Crippen molar-refractivity contribution in [3.63, 3.8) is 0 Å². The van der Waals surface area contributed by atoms with Gasteiger partial charge in [-0.05, 0) is 12.1 Å². The first kappa shape index (κ1) is 17.6. The van der Waals surface area contributed by atoms with E-state index in [0.29, 0.717) is 11.4 Å². The first-order valence-electron chi connectivity index (χ1n) is 6.69. The fourth-order valence-electron chi connectivity index (χ4n) is 2.08. The van der Waals surface area contributed by atoms with Gasteiger partial charge in [-0.1, -0.05) is 6.07 Å². The lowest BCUT2D eigenvalue weighted by Gasteiger charge is -2.12. The van der Waals surface area contributed by atoms with Gasteiger partial charge in [0, 0.05) is 17.8 Å². The van der Waals surface area contributed by atoms with Gasteiger partial charge in [-0.15, -0.1) is 0 Å². The lowest BCUT2D eigenvalue weighted by molar-refractivity contribution is -0.393. The molecule has 2 rings (SSSR count). The van der Waals surface area contributed by atoms with Crippen LogP contribution in [0.5, 0.6) is 5.75 Å². The molecule has 130 valence electrons. The number of carbonyl (C=O) groups is 1. The SMILES string of the molecule is COc1cccc(Nc2c(C(=O)NO)cc([N+](=O)[O-])cc2[N+](=O)[O-])c1. The number of carbonyl (C=O) groups excluding carboxylic acids is 1. The smallest absolute Gasteiger partial charge is 0.300 e. The number of nitro groups is 2. The summed E-state index contributed by atoms with van der Waals surface area (Å²) in [6.07, 6.45) is 0. The zero-order valence-electron chi connectivity index (χ0n) is 12.8. The Morgan fingerprint density at radius 1 is 1.16 bits per heavy atom. The Morgan fingerprint density at radius 3 is 2.44 bits per heavy atom. The predicted molar refractivity (Wildman–Crippen MR) is 85.3 cm³/mol. The largest absolute Gasteiger partial charge is 0.497 e. The standard InChI is InChI=1S/C14H12N4O7/c1-25-10-4-2-3-8(5-10)15-13-11(14(19)16-20)6-9(17(21)22)7-12(13)18(23)24/h2-7,15,20H,1H3,(H,16,19). The molecule has 0 atom stereocenters. The van der Waals surface area contributed by atoms with E-state index in [4.69, 9.17) is 9.94 Å². The molecule has 2 aromatic carbocycles. The molecule has 11 heteroatoms. The summed E-state index contributed by atoms with van der Waals surface area (Å²) in [5.41, 5.74) is -0.490. The van der Waals surface area contributed by atoms with E-state index in [9.17, 15) is 25.0 Å². The number of non-ortho nitro benzene ring substituents is 1. The van der Waals surface area contributed by atoms with Crippen LogP contribution in [0, 0.1) is 20.2 Å². The van der Waals surface area contributed by atoms with Crippen molar-refractivity contribution < 1.29 is 24.6 Å². The highest BCUT2D eigenvalue weighted by Crippen LogP contribution is 2.36. The molecule has 0 heterocycles. The number of benzene rings is 2. The second kappa shape index (κ2) is 7.23. The van der Waals surface area contributed by atoms with Crippen LogP contribution in [0.2, 0.25) is 0 Å². The molecular formula is C14H12N4O7. The normalized spacial score (nSPS) is 10.0. The van der Waals surface area contributed by atoms with Crippen molar-refractivity contribution >= 4 is 28.7 Å². The minimum atomic E-state index is -1.14. The van der Waals surface area contributed by atoms with Crippen molar-refractivity contribution in [2.75, 3.05) is 12.4 Å². The summed E-state index contributed by atoms with van der Waals surface area (Å²) in [5, 5.41) is 33.7. The molecule has 0 spiro atoms. The molecule has 0 radical (unpaired) electrons. The van der Waals surface area contributed by atoms with Gasteiger partial charge in [0.2, 0.25) is 0 Å². The first-order chi connectivity index (χ1) is 11.9. The Kier molecular flexibility index (Phi) is 5.09. The van der Waals surface area contributed by atoms with Crippen LogP contribution < -0.4 is 15.5 Å². The average molecular weight is 348 g/mol. The summed E-state index contributed by atoms with van der Waals surface area (Å²) in [6, 6.07) is 7.83. The molecule has 0 saturated heterocycles. The number of nitrogens with one attached hydrogen (secondary N) is 2. The fourth-order valence-corrected chi connectivity index (χ4v) is 2.08. The van der Waals surface area contributed by atoms with Crippen molar-refractivity contribution in [2.45, 2.75) is 0 Å². The molecule has 3 N–H and O–H groups in total. The fraction of sp³-hybridized carbons (Fsp3) is 0.0714. The maximum Gasteiger partial charge on any atom is 0.300 e. The summed E-state index contributed by atoms with van der Waals surface area (Å²) in [6.45, 7) is 0.